The second-order valence-electron chi connectivity index (χ2n) is 4.84. The summed E-state index contributed by atoms with van der Waals surface area (Å²) in [7, 11) is 0. The molecule has 0 N–H and O–H groups in total. The number of fused-ring (bicyclic) bond motifs is 1. The van der Waals surface area contributed by atoms with Gasteiger partial charge in [0.05, 0.1) is 5.02 Å². The smallest absolute Gasteiger partial charge is 0.387 e. The maximum Gasteiger partial charge on any atom is 0.387 e. The quantitative estimate of drug-likeness (QED) is 0.584. The monoisotopic (exact) mass is 352 g/mol. The Balaban J connectivity index is 1.72. The van der Waals surface area contributed by atoms with Gasteiger partial charge in [0.2, 0.25) is 6.79 Å². The zero-order valence-electron chi connectivity index (χ0n) is 12.2. The number of carbonyl (C=O) groups is 1. The van der Waals surface area contributed by atoms with Gasteiger partial charge >= 0.3 is 6.61 Å². The van der Waals surface area contributed by atoms with Crippen molar-refractivity contribution >= 4 is 23.5 Å². The molecule has 1 heterocycles. The lowest BCUT2D eigenvalue weighted by Gasteiger charge is -2.04. The molecule has 2 aromatic rings. The van der Waals surface area contributed by atoms with Crippen LogP contribution in [-0.2, 0) is 0 Å². The van der Waals surface area contributed by atoms with Crippen LogP contribution in [0.5, 0.6) is 17.2 Å². The highest BCUT2D eigenvalue weighted by molar-refractivity contribution is 6.32. The highest BCUT2D eigenvalue weighted by Gasteiger charge is 2.17. The maximum absolute atomic E-state index is 12.1. The average Bonchev–Trinajstić information content (AvgIpc) is 3.02. The molecule has 24 heavy (non-hydrogen) atoms. The van der Waals surface area contributed by atoms with E-state index in [9.17, 15) is 13.6 Å². The van der Waals surface area contributed by atoms with E-state index in [4.69, 9.17) is 21.1 Å². The van der Waals surface area contributed by atoms with Crippen molar-refractivity contribution < 1.29 is 27.8 Å². The molecule has 0 aromatic heterocycles. The normalized spacial score (nSPS) is 12.8. The van der Waals surface area contributed by atoms with Crippen molar-refractivity contribution in [1.29, 1.82) is 0 Å². The molecule has 1 aliphatic heterocycles. The van der Waals surface area contributed by atoms with Gasteiger partial charge in [-0.05, 0) is 48.0 Å². The van der Waals surface area contributed by atoms with Gasteiger partial charge in [-0.25, -0.2) is 0 Å². The third-order valence-corrected chi connectivity index (χ3v) is 3.52. The molecule has 7 heteroatoms. The fourth-order valence-corrected chi connectivity index (χ4v) is 2.43. The van der Waals surface area contributed by atoms with Crippen molar-refractivity contribution in [3.05, 3.63) is 58.6 Å². The Morgan fingerprint density at radius 2 is 1.96 bits per heavy atom. The van der Waals surface area contributed by atoms with E-state index in [-0.39, 0.29) is 18.3 Å². The van der Waals surface area contributed by atoms with Crippen LogP contribution in [0.25, 0.3) is 6.08 Å². The predicted molar refractivity (Wildman–Crippen MR) is 84.0 cm³/mol. The first-order valence-corrected chi connectivity index (χ1v) is 7.27. The predicted octanol–water partition coefficient (Wildman–Crippen LogP) is 4.57. The van der Waals surface area contributed by atoms with Crippen LogP contribution < -0.4 is 14.2 Å². The maximum atomic E-state index is 12.1. The topological polar surface area (TPSA) is 44.8 Å². The number of rotatable bonds is 5. The highest BCUT2D eigenvalue weighted by atomic mass is 35.5. The molecule has 0 aliphatic carbocycles. The van der Waals surface area contributed by atoms with E-state index in [0.29, 0.717) is 27.6 Å². The summed E-state index contributed by atoms with van der Waals surface area (Å²) >= 11 is 6.07. The number of hydrogen-bond acceptors (Lipinski definition) is 4. The SMILES string of the molecule is O=C(/C=C/c1cc(Cl)c2c(c1)OCO2)c1ccc(OC(F)F)cc1. The number of allylic oxidation sites excluding steroid dienone is 1. The number of ketones is 1. The minimum atomic E-state index is -2.90. The fourth-order valence-electron chi connectivity index (χ4n) is 2.15. The second kappa shape index (κ2) is 6.88. The number of halogens is 3. The molecule has 0 bridgehead atoms. The minimum absolute atomic E-state index is 0.00641. The Labute approximate surface area is 141 Å². The number of ether oxygens (including phenoxy) is 3. The lowest BCUT2D eigenvalue weighted by atomic mass is 10.1. The first-order valence-electron chi connectivity index (χ1n) is 6.89. The van der Waals surface area contributed by atoms with Gasteiger partial charge in [0, 0.05) is 5.56 Å². The first-order chi connectivity index (χ1) is 11.5. The highest BCUT2D eigenvalue weighted by Crippen LogP contribution is 2.40. The molecule has 0 spiro atoms. The van der Waals surface area contributed by atoms with Crippen molar-refractivity contribution in [2.75, 3.05) is 6.79 Å². The number of alkyl halides is 2. The Hall–Kier alpha value is -2.60. The van der Waals surface area contributed by atoms with Crippen LogP contribution in [0.4, 0.5) is 8.78 Å². The lowest BCUT2D eigenvalue weighted by Crippen LogP contribution is -2.02. The molecule has 0 saturated heterocycles. The van der Waals surface area contributed by atoms with Gasteiger partial charge < -0.3 is 14.2 Å². The third kappa shape index (κ3) is 3.65. The van der Waals surface area contributed by atoms with Crippen LogP contribution in [0.1, 0.15) is 15.9 Å². The Morgan fingerprint density at radius 1 is 1.21 bits per heavy atom. The third-order valence-electron chi connectivity index (χ3n) is 3.24. The van der Waals surface area contributed by atoms with E-state index in [1.54, 1.807) is 18.2 Å². The Morgan fingerprint density at radius 3 is 2.67 bits per heavy atom. The standard InChI is InChI=1S/C17H11ClF2O4/c18-13-7-10(8-15-16(13)23-9-22-15)1-6-14(21)11-2-4-12(5-3-11)24-17(19)20/h1-8,17H,9H2/b6-1+. The van der Waals surface area contributed by atoms with Gasteiger partial charge in [-0.3, -0.25) is 4.79 Å². The van der Waals surface area contributed by atoms with Crippen molar-refractivity contribution in [3.63, 3.8) is 0 Å². The molecule has 0 unspecified atom stereocenters. The Bertz CT molecular complexity index is 788. The first kappa shape index (κ1) is 16.3. The van der Waals surface area contributed by atoms with E-state index in [1.807, 2.05) is 0 Å². The summed E-state index contributed by atoms with van der Waals surface area (Å²) in [6, 6.07) is 8.80. The number of benzene rings is 2. The fraction of sp³-hybridized carbons (Fsp3) is 0.118. The molecule has 3 rings (SSSR count). The molecule has 0 fully saturated rings. The number of hydrogen-bond donors (Lipinski definition) is 0. The van der Waals surface area contributed by atoms with Gasteiger partial charge in [0.15, 0.2) is 17.3 Å². The van der Waals surface area contributed by atoms with Gasteiger partial charge in [-0.1, -0.05) is 17.7 Å². The summed E-state index contributed by atoms with van der Waals surface area (Å²) in [5, 5.41) is 0.394. The second-order valence-corrected chi connectivity index (χ2v) is 5.24. The summed E-state index contributed by atoms with van der Waals surface area (Å²) in [5.74, 6) is 0.707. The van der Waals surface area contributed by atoms with E-state index in [0.717, 1.165) is 0 Å². The average molecular weight is 353 g/mol. The summed E-state index contributed by atoms with van der Waals surface area (Å²) in [6.07, 6.45) is 2.94. The van der Waals surface area contributed by atoms with E-state index in [1.165, 1.54) is 30.3 Å². The van der Waals surface area contributed by atoms with Crippen LogP contribution in [0.2, 0.25) is 5.02 Å². The molecular formula is C17H11ClF2O4. The van der Waals surface area contributed by atoms with E-state index >= 15 is 0 Å². The van der Waals surface area contributed by atoms with E-state index < -0.39 is 6.61 Å². The van der Waals surface area contributed by atoms with Gasteiger partial charge in [0.25, 0.3) is 0 Å². The molecule has 0 atom stereocenters. The van der Waals surface area contributed by atoms with Gasteiger partial charge in [0.1, 0.15) is 5.75 Å². The van der Waals surface area contributed by atoms with Crippen molar-refractivity contribution in [2.45, 2.75) is 6.61 Å². The van der Waals surface area contributed by atoms with Crippen molar-refractivity contribution in [1.82, 2.24) is 0 Å². The summed E-state index contributed by atoms with van der Waals surface area (Å²) in [5.41, 5.74) is 1.02. The largest absolute Gasteiger partial charge is 0.454 e. The Kier molecular flexibility index (Phi) is 4.66. The number of carbonyl (C=O) groups excluding carboxylic acids is 1. The van der Waals surface area contributed by atoms with Crippen LogP contribution >= 0.6 is 11.6 Å². The van der Waals surface area contributed by atoms with Crippen LogP contribution in [0.15, 0.2) is 42.5 Å². The molecular weight excluding hydrogens is 342 g/mol. The molecule has 124 valence electrons. The van der Waals surface area contributed by atoms with Crippen molar-refractivity contribution in [2.24, 2.45) is 0 Å². The van der Waals surface area contributed by atoms with Gasteiger partial charge in [-0.2, -0.15) is 8.78 Å². The summed E-state index contributed by atoms with van der Waals surface area (Å²) < 4.78 is 38.9. The molecule has 0 saturated carbocycles. The van der Waals surface area contributed by atoms with Gasteiger partial charge in [-0.15, -0.1) is 0 Å². The molecule has 4 nitrogen and oxygen atoms in total. The minimum Gasteiger partial charge on any atom is -0.454 e. The van der Waals surface area contributed by atoms with Crippen LogP contribution in [0.3, 0.4) is 0 Å². The molecule has 2 aromatic carbocycles. The summed E-state index contributed by atoms with van der Waals surface area (Å²) in [4.78, 5) is 12.1. The lowest BCUT2D eigenvalue weighted by molar-refractivity contribution is -0.0498. The zero-order chi connectivity index (χ0) is 17.1. The summed E-state index contributed by atoms with van der Waals surface area (Å²) in [6.45, 7) is -2.80. The van der Waals surface area contributed by atoms with Crippen molar-refractivity contribution in [3.8, 4) is 17.2 Å². The zero-order valence-corrected chi connectivity index (χ0v) is 12.9. The van der Waals surface area contributed by atoms with Crippen LogP contribution in [-0.4, -0.2) is 19.2 Å². The van der Waals surface area contributed by atoms with E-state index in [2.05, 4.69) is 4.74 Å². The molecule has 0 radical (unpaired) electrons. The van der Waals surface area contributed by atoms with Crippen LogP contribution in [0, 0.1) is 0 Å². The molecule has 1 aliphatic rings. The molecule has 0 amide bonds.